The van der Waals surface area contributed by atoms with Crippen LogP contribution in [-0.2, 0) is 20.9 Å². The summed E-state index contributed by atoms with van der Waals surface area (Å²) in [7, 11) is 6.04. The molecule has 2 heterocycles. The lowest BCUT2D eigenvalue weighted by molar-refractivity contribution is -0.127. The molecule has 1 aliphatic heterocycles. The normalized spacial score (nSPS) is 15.1. The Labute approximate surface area is 249 Å². The molecule has 0 bridgehead atoms. The van der Waals surface area contributed by atoms with Gasteiger partial charge >= 0.3 is 0 Å². The van der Waals surface area contributed by atoms with Gasteiger partial charge in [0.05, 0.1) is 40.1 Å². The second kappa shape index (κ2) is 13.4. The van der Waals surface area contributed by atoms with E-state index in [1.165, 1.54) is 38.0 Å². The van der Waals surface area contributed by atoms with Crippen molar-refractivity contribution in [1.82, 2.24) is 20.3 Å². The average Bonchev–Trinajstić information content (AvgIpc) is 3.72. The Morgan fingerprint density at radius 1 is 0.977 bits per heavy atom. The number of anilines is 1. The average molecular weight is 590 g/mol. The van der Waals surface area contributed by atoms with Crippen LogP contribution in [-0.4, -0.2) is 74.5 Å². The highest BCUT2D eigenvalue weighted by Gasteiger charge is 2.37. The SMILES string of the molecule is COc1ccc(N(C(=O)Cn2nnc3ccccc32)[C@H](C(=O)NC[C@H]2CCCO2)c2cccc(OC)c2OC)cc1OC. The van der Waals surface area contributed by atoms with Gasteiger partial charge in [-0.2, -0.15) is 0 Å². The first kappa shape index (κ1) is 29.6. The lowest BCUT2D eigenvalue weighted by Crippen LogP contribution is -2.46. The molecule has 43 heavy (non-hydrogen) atoms. The summed E-state index contributed by atoms with van der Waals surface area (Å²) in [6, 6.07) is 16.4. The number of rotatable bonds is 12. The van der Waals surface area contributed by atoms with Gasteiger partial charge in [-0.1, -0.05) is 29.5 Å². The van der Waals surface area contributed by atoms with Crippen LogP contribution in [0.5, 0.6) is 23.0 Å². The van der Waals surface area contributed by atoms with Gasteiger partial charge in [0.15, 0.2) is 23.0 Å². The number of fused-ring (bicyclic) bond motifs is 1. The maximum Gasteiger partial charge on any atom is 0.249 e. The van der Waals surface area contributed by atoms with Gasteiger partial charge in [-0.15, -0.1) is 5.10 Å². The first-order chi connectivity index (χ1) is 21.0. The number of amides is 2. The molecule has 0 saturated carbocycles. The quantitative estimate of drug-likeness (QED) is 0.264. The molecule has 12 heteroatoms. The topological polar surface area (TPSA) is 126 Å². The van der Waals surface area contributed by atoms with Gasteiger partial charge < -0.3 is 29.0 Å². The first-order valence-corrected chi connectivity index (χ1v) is 13.9. The largest absolute Gasteiger partial charge is 0.493 e. The van der Waals surface area contributed by atoms with Crippen molar-refractivity contribution in [2.24, 2.45) is 0 Å². The Hall–Kier alpha value is -4.84. The molecule has 5 rings (SSSR count). The monoisotopic (exact) mass is 589 g/mol. The van der Waals surface area contributed by atoms with E-state index < -0.39 is 17.9 Å². The van der Waals surface area contributed by atoms with E-state index in [2.05, 4.69) is 15.6 Å². The zero-order chi connectivity index (χ0) is 30.3. The van der Waals surface area contributed by atoms with Crippen LogP contribution in [0.3, 0.4) is 0 Å². The molecule has 2 amide bonds. The van der Waals surface area contributed by atoms with Crippen molar-refractivity contribution in [3.8, 4) is 23.0 Å². The lowest BCUT2D eigenvalue weighted by atomic mass is 10.0. The van der Waals surface area contributed by atoms with Crippen LogP contribution in [0.15, 0.2) is 60.7 Å². The van der Waals surface area contributed by atoms with Gasteiger partial charge in [0.2, 0.25) is 11.8 Å². The second-order valence-corrected chi connectivity index (χ2v) is 9.90. The van der Waals surface area contributed by atoms with Gasteiger partial charge in [0.1, 0.15) is 18.1 Å². The number of ether oxygens (including phenoxy) is 5. The van der Waals surface area contributed by atoms with Crippen molar-refractivity contribution < 1.29 is 33.3 Å². The van der Waals surface area contributed by atoms with E-state index in [1.807, 2.05) is 24.3 Å². The fourth-order valence-electron chi connectivity index (χ4n) is 5.29. The predicted molar refractivity (Wildman–Crippen MR) is 159 cm³/mol. The van der Waals surface area contributed by atoms with Crippen molar-refractivity contribution in [1.29, 1.82) is 0 Å². The summed E-state index contributed by atoms with van der Waals surface area (Å²) >= 11 is 0. The Kier molecular flexibility index (Phi) is 9.26. The zero-order valence-electron chi connectivity index (χ0n) is 24.6. The summed E-state index contributed by atoms with van der Waals surface area (Å²) in [5.41, 5.74) is 2.15. The molecular weight excluding hydrogens is 554 g/mol. The Morgan fingerprint density at radius 2 is 1.77 bits per heavy atom. The summed E-state index contributed by atoms with van der Waals surface area (Å²) < 4.78 is 29.6. The predicted octanol–water partition coefficient (Wildman–Crippen LogP) is 3.54. The van der Waals surface area contributed by atoms with E-state index >= 15 is 0 Å². The molecule has 1 fully saturated rings. The third kappa shape index (κ3) is 6.19. The summed E-state index contributed by atoms with van der Waals surface area (Å²) in [6.07, 6.45) is 1.66. The van der Waals surface area contributed by atoms with Gasteiger partial charge in [-0.05, 0) is 43.2 Å². The van der Waals surface area contributed by atoms with Crippen LogP contribution >= 0.6 is 0 Å². The third-order valence-electron chi connectivity index (χ3n) is 7.38. The molecule has 0 unspecified atom stereocenters. The van der Waals surface area contributed by atoms with Gasteiger partial charge in [0, 0.05) is 30.5 Å². The summed E-state index contributed by atoms with van der Waals surface area (Å²) in [5.74, 6) is 0.753. The highest BCUT2D eigenvalue weighted by atomic mass is 16.5. The highest BCUT2D eigenvalue weighted by Crippen LogP contribution is 2.41. The smallest absolute Gasteiger partial charge is 0.249 e. The van der Waals surface area contributed by atoms with Gasteiger partial charge in [0.25, 0.3) is 0 Å². The highest BCUT2D eigenvalue weighted by molar-refractivity contribution is 6.02. The maximum atomic E-state index is 14.4. The molecule has 4 aromatic rings. The Morgan fingerprint density at radius 3 is 2.49 bits per heavy atom. The summed E-state index contributed by atoms with van der Waals surface area (Å²) in [5, 5.41) is 11.4. The molecule has 1 saturated heterocycles. The molecular formula is C31H35N5O7. The van der Waals surface area contributed by atoms with Crippen molar-refractivity contribution in [2.45, 2.75) is 31.5 Å². The van der Waals surface area contributed by atoms with Crippen molar-refractivity contribution in [3.05, 3.63) is 66.2 Å². The zero-order valence-corrected chi connectivity index (χ0v) is 24.6. The van der Waals surface area contributed by atoms with Gasteiger partial charge in [-0.3, -0.25) is 14.5 Å². The number of methoxy groups -OCH3 is 4. The number of carbonyl (C=O) groups excluding carboxylic acids is 2. The van der Waals surface area contributed by atoms with Crippen LogP contribution in [0.2, 0.25) is 0 Å². The van der Waals surface area contributed by atoms with Crippen LogP contribution in [0.25, 0.3) is 11.0 Å². The molecule has 0 spiro atoms. The Bertz CT molecular complexity index is 1580. The van der Waals surface area contributed by atoms with E-state index in [0.717, 1.165) is 12.8 Å². The number of benzene rings is 3. The minimum atomic E-state index is -1.17. The molecule has 1 aromatic heterocycles. The van der Waals surface area contributed by atoms with E-state index in [-0.39, 0.29) is 12.6 Å². The molecule has 3 aromatic carbocycles. The number of carbonyl (C=O) groups is 2. The summed E-state index contributed by atoms with van der Waals surface area (Å²) in [4.78, 5) is 30.1. The van der Waals surface area contributed by atoms with E-state index in [0.29, 0.717) is 58.4 Å². The van der Waals surface area contributed by atoms with E-state index in [9.17, 15) is 9.59 Å². The lowest BCUT2D eigenvalue weighted by Gasteiger charge is -2.33. The minimum Gasteiger partial charge on any atom is -0.493 e. The maximum absolute atomic E-state index is 14.4. The summed E-state index contributed by atoms with van der Waals surface area (Å²) in [6.45, 7) is 0.746. The van der Waals surface area contributed by atoms with Crippen LogP contribution < -0.4 is 29.2 Å². The minimum absolute atomic E-state index is 0.108. The number of aromatic nitrogens is 3. The number of hydrogen-bond donors (Lipinski definition) is 1. The number of para-hydroxylation sites is 2. The van der Waals surface area contributed by atoms with E-state index in [1.54, 1.807) is 36.4 Å². The fraction of sp³-hybridized carbons (Fsp3) is 0.355. The van der Waals surface area contributed by atoms with Gasteiger partial charge in [-0.25, -0.2) is 4.68 Å². The molecule has 12 nitrogen and oxygen atoms in total. The van der Waals surface area contributed by atoms with Crippen molar-refractivity contribution >= 4 is 28.5 Å². The number of nitrogens with one attached hydrogen (secondary N) is 1. The third-order valence-corrected chi connectivity index (χ3v) is 7.38. The van der Waals surface area contributed by atoms with Crippen molar-refractivity contribution in [3.63, 3.8) is 0 Å². The molecule has 226 valence electrons. The van der Waals surface area contributed by atoms with E-state index in [4.69, 9.17) is 23.7 Å². The first-order valence-electron chi connectivity index (χ1n) is 13.9. The Balaban J connectivity index is 1.64. The number of nitrogens with zero attached hydrogens (tertiary/aromatic N) is 4. The standard InChI is InChI=1S/C31H35N5O7/c1-39-25-15-14-20(17-27(25)41-3)36(28(37)19-35-24-12-6-5-11-23(24)33-34-35)29(31(38)32-18-21-9-8-16-43-21)22-10-7-13-26(40-2)30(22)42-4/h5-7,10-15,17,21,29H,8-9,16,18-19H2,1-4H3,(H,32,38)/t21-,29+/m1/s1. The molecule has 2 atom stereocenters. The second-order valence-electron chi connectivity index (χ2n) is 9.90. The molecule has 1 N–H and O–H groups in total. The molecule has 0 radical (unpaired) electrons. The molecule has 1 aliphatic rings. The van der Waals surface area contributed by atoms with Crippen LogP contribution in [0.1, 0.15) is 24.4 Å². The number of hydrogen-bond acceptors (Lipinski definition) is 9. The fourth-order valence-corrected chi connectivity index (χ4v) is 5.29. The van der Waals surface area contributed by atoms with Crippen molar-refractivity contribution in [2.75, 3.05) is 46.5 Å². The molecule has 0 aliphatic carbocycles. The van der Waals surface area contributed by atoms with Crippen LogP contribution in [0.4, 0.5) is 5.69 Å². The van der Waals surface area contributed by atoms with Crippen LogP contribution in [0, 0.1) is 0 Å².